The lowest BCUT2D eigenvalue weighted by atomic mass is 10.2. The Labute approximate surface area is 87.1 Å². The highest BCUT2D eigenvalue weighted by molar-refractivity contribution is 7.79. The number of rotatable bonds is 2. The third-order valence-electron chi connectivity index (χ3n) is 1.68. The Kier molecular flexibility index (Phi) is 2.67. The maximum atomic E-state index is 10.7. The second kappa shape index (κ2) is 3.95. The van der Waals surface area contributed by atoms with Gasteiger partial charge in [0.2, 0.25) is 0 Å². The zero-order chi connectivity index (χ0) is 9.97. The van der Waals surface area contributed by atoms with Gasteiger partial charge < -0.3 is 4.55 Å². The Morgan fingerprint density at radius 3 is 2.93 bits per heavy atom. The summed E-state index contributed by atoms with van der Waals surface area (Å²) >= 11 is -0.962. The summed E-state index contributed by atoms with van der Waals surface area (Å²) in [5, 5.41) is 5.63. The van der Waals surface area contributed by atoms with Crippen LogP contribution in [0.5, 0.6) is 0 Å². The molecule has 1 atom stereocenters. The van der Waals surface area contributed by atoms with Crippen molar-refractivity contribution in [2.24, 2.45) is 0 Å². The standard InChI is InChI=1S/C8H6N2O2S2/c11-14(12)7-3-1-2-6(4-7)8-5-13-10-9-8/h1-5H,(H,11,12)/p-1. The average Bonchev–Trinajstić information content (AvgIpc) is 2.71. The first-order valence-corrected chi connectivity index (χ1v) is 5.65. The second-order valence-corrected chi connectivity index (χ2v) is 4.10. The first-order chi connectivity index (χ1) is 6.77. The molecule has 0 spiro atoms. The molecule has 1 aromatic heterocycles. The van der Waals surface area contributed by atoms with E-state index in [4.69, 9.17) is 0 Å². The molecule has 0 amide bonds. The molecule has 0 bridgehead atoms. The van der Waals surface area contributed by atoms with Crippen molar-refractivity contribution in [1.29, 1.82) is 0 Å². The van der Waals surface area contributed by atoms with Crippen molar-refractivity contribution in [1.82, 2.24) is 9.59 Å². The van der Waals surface area contributed by atoms with Gasteiger partial charge >= 0.3 is 0 Å². The van der Waals surface area contributed by atoms with Gasteiger partial charge in [0.25, 0.3) is 0 Å². The number of hydrogen-bond acceptors (Lipinski definition) is 5. The smallest absolute Gasteiger partial charge is 0.105 e. The van der Waals surface area contributed by atoms with Crippen LogP contribution in [0.2, 0.25) is 0 Å². The van der Waals surface area contributed by atoms with Crippen LogP contribution in [0.25, 0.3) is 11.3 Å². The maximum absolute atomic E-state index is 10.7. The summed E-state index contributed by atoms with van der Waals surface area (Å²) in [5.74, 6) is 0. The highest BCUT2D eigenvalue weighted by atomic mass is 32.2. The molecule has 0 saturated carbocycles. The van der Waals surface area contributed by atoms with E-state index >= 15 is 0 Å². The Bertz CT molecular complexity index is 456. The highest BCUT2D eigenvalue weighted by Crippen LogP contribution is 2.19. The Hall–Kier alpha value is -1.11. The lowest BCUT2D eigenvalue weighted by molar-refractivity contribution is 0.537. The molecule has 0 fully saturated rings. The van der Waals surface area contributed by atoms with Crippen molar-refractivity contribution in [3.63, 3.8) is 0 Å². The van der Waals surface area contributed by atoms with Crippen LogP contribution in [0.3, 0.4) is 0 Å². The summed E-state index contributed by atoms with van der Waals surface area (Å²) in [6.07, 6.45) is 0. The number of hydrogen-bond donors (Lipinski definition) is 0. The van der Waals surface area contributed by atoms with E-state index < -0.39 is 11.1 Å². The van der Waals surface area contributed by atoms with Gasteiger partial charge in [-0.05, 0) is 34.7 Å². The van der Waals surface area contributed by atoms with Gasteiger partial charge in [0.1, 0.15) is 5.69 Å². The Balaban J connectivity index is 2.46. The summed E-state index contributed by atoms with van der Waals surface area (Å²) in [7, 11) is 0. The third kappa shape index (κ3) is 1.87. The minimum Gasteiger partial charge on any atom is -0.768 e. The topological polar surface area (TPSA) is 65.9 Å². The molecule has 0 aliphatic heterocycles. The van der Waals surface area contributed by atoms with E-state index in [-0.39, 0.29) is 4.90 Å². The largest absolute Gasteiger partial charge is 0.768 e. The van der Waals surface area contributed by atoms with E-state index in [0.29, 0.717) is 5.69 Å². The normalized spacial score (nSPS) is 12.6. The number of nitrogens with zero attached hydrogens (tertiary/aromatic N) is 2. The van der Waals surface area contributed by atoms with Gasteiger partial charge in [0.15, 0.2) is 0 Å². The van der Waals surface area contributed by atoms with Gasteiger partial charge in [-0.15, -0.1) is 5.10 Å². The zero-order valence-corrected chi connectivity index (χ0v) is 8.55. The summed E-state index contributed by atoms with van der Waals surface area (Å²) in [6.45, 7) is 0. The molecule has 1 aromatic carbocycles. The molecule has 1 heterocycles. The van der Waals surface area contributed by atoms with E-state index in [2.05, 4.69) is 9.59 Å². The second-order valence-electron chi connectivity index (χ2n) is 2.55. The first kappa shape index (κ1) is 9.45. The molecular formula is C8H5N2O2S2-. The Morgan fingerprint density at radius 1 is 1.43 bits per heavy atom. The van der Waals surface area contributed by atoms with Crippen LogP contribution >= 0.6 is 11.5 Å². The predicted octanol–water partition coefficient (Wildman–Crippen LogP) is 1.44. The number of benzene rings is 1. The van der Waals surface area contributed by atoms with E-state index in [1.54, 1.807) is 23.6 Å². The molecule has 0 N–H and O–H groups in total. The van der Waals surface area contributed by atoms with Crippen LogP contribution in [0.15, 0.2) is 34.5 Å². The molecule has 4 nitrogen and oxygen atoms in total. The van der Waals surface area contributed by atoms with Crippen LogP contribution in [-0.4, -0.2) is 18.3 Å². The van der Waals surface area contributed by atoms with Gasteiger partial charge in [-0.3, -0.25) is 4.21 Å². The fourth-order valence-corrected chi connectivity index (χ4v) is 1.93. The summed E-state index contributed by atoms with van der Waals surface area (Å²) < 4.78 is 25.1. The fourth-order valence-electron chi connectivity index (χ4n) is 1.05. The van der Waals surface area contributed by atoms with Gasteiger partial charge in [0.05, 0.1) is 0 Å². The van der Waals surface area contributed by atoms with Crippen LogP contribution < -0.4 is 0 Å². The van der Waals surface area contributed by atoms with Crippen molar-refractivity contribution in [2.75, 3.05) is 0 Å². The molecule has 6 heteroatoms. The molecule has 0 aliphatic rings. The average molecular weight is 225 g/mol. The van der Waals surface area contributed by atoms with Gasteiger partial charge in [0, 0.05) is 15.8 Å². The van der Waals surface area contributed by atoms with E-state index in [1.807, 2.05) is 0 Å². The van der Waals surface area contributed by atoms with Gasteiger partial charge in [-0.25, -0.2) is 0 Å². The van der Waals surface area contributed by atoms with Crippen molar-refractivity contribution >= 4 is 22.6 Å². The molecule has 0 radical (unpaired) electrons. The fraction of sp³-hybridized carbons (Fsp3) is 0. The monoisotopic (exact) mass is 225 g/mol. The van der Waals surface area contributed by atoms with Crippen LogP contribution in [-0.2, 0) is 11.1 Å². The van der Waals surface area contributed by atoms with E-state index in [1.165, 1.54) is 17.6 Å². The Morgan fingerprint density at radius 2 is 2.29 bits per heavy atom. The molecule has 72 valence electrons. The molecular weight excluding hydrogens is 220 g/mol. The zero-order valence-electron chi connectivity index (χ0n) is 6.91. The summed E-state index contributed by atoms with van der Waals surface area (Å²) in [5.41, 5.74) is 1.46. The number of aromatic nitrogens is 2. The minimum atomic E-state index is -2.20. The molecule has 2 aromatic rings. The molecule has 1 unspecified atom stereocenters. The van der Waals surface area contributed by atoms with Crippen molar-refractivity contribution < 1.29 is 8.76 Å². The highest BCUT2D eigenvalue weighted by Gasteiger charge is 2.01. The lowest BCUT2D eigenvalue weighted by Crippen LogP contribution is -1.89. The van der Waals surface area contributed by atoms with Crippen LogP contribution in [0.4, 0.5) is 0 Å². The van der Waals surface area contributed by atoms with E-state index in [0.717, 1.165) is 5.56 Å². The maximum Gasteiger partial charge on any atom is 0.105 e. The van der Waals surface area contributed by atoms with Gasteiger partial charge in [-0.1, -0.05) is 16.6 Å². The predicted molar refractivity (Wildman–Crippen MR) is 52.5 cm³/mol. The molecule has 0 aliphatic carbocycles. The SMILES string of the molecule is O=S([O-])c1cccc(-c2csnn2)c1. The van der Waals surface area contributed by atoms with Crippen molar-refractivity contribution in [3.05, 3.63) is 29.6 Å². The quantitative estimate of drug-likeness (QED) is 0.725. The van der Waals surface area contributed by atoms with Crippen molar-refractivity contribution in [2.45, 2.75) is 4.90 Å². The van der Waals surface area contributed by atoms with Crippen molar-refractivity contribution in [3.8, 4) is 11.3 Å². The van der Waals surface area contributed by atoms with Crippen LogP contribution in [0.1, 0.15) is 0 Å². The third-order valence-corrected chi connectivity index (χ3v) is 2.83. The molecule has 14 heavy (non-hydrogen) atoms. The van der Waals surface area contributed by atoms with E-state index in [9.17, 15) is 8.76 Å². The van der Waals surface area contributed by atoms with Crippen LogP contribution in [0, 0.1) is 0 Å². The first-order valence-electron chi connectivity index (χ1n) is 3.74. The molecule has 0 saturated heterocycles. The minimum absolute atomic E-state index is 0.260. The summed E-state index contributed by atoms with van der Waals surface area (Å²) in [6, 6.07) is 6.58. The summed E-state index contributed by atoms with van der Waals surface area (Å²) in [4.78, 5) is 0.260. The van der Waals surface area contributed by atoms with Gasteiger partial charge in [-0.2, -0.15) is 0 Å². The molecule has 2 rings (SSSR count). The lowest BCUT2D eigenvalue weighted by Gasteiger charge is -2.05.